The molecule has 0 bridgehead atoms. The van der Waals surface area contributed by atoms with Crippen LogP contribution in [0, 0.1) is 5.82 Å². The van der Waals surface area contributed by atoms with Gasteiger partial charge in [0.05, 0.1) is 7.11 Å². The summed E-state index contributed by atoms with van der Waals surface area (Å²) in [5, 5.41) is 0. The summed E-state index contributed by atoms with van der Waals surface area (Å²) >= 11 is 0. The van der Waals surface area contributed by atoms with E-state index in [1.54, 1.807) is 24.1 Å². The van der Waals surface area contributed by atoms with E-state index in [1.165, 1.54) is 19.2 Å². The third kappa shape index (κ3) is 2.71. The summed E-state index contributed by atoms with van der Waals surface area (Å²) in [7, 11) is 3.08. The highest BCUT2D eigenvalue weighted by Crippen LogP contribution is 2.36. The number of carbonyl (C=O) groups excluding carboxylic acids is 1. The summed E-state index contributed by atoms with van der Waals surface area (Å²) in [6, 6.07) is 6.30. The van der Waals surface area contributed by atoms with Crippen LogP contribution < -0.4 is 5.73 Å². The van der Waals surface area contributed by atoms with E-state index in [0.717, 1.165) is 18.4 Å². The van der Waals surface area contributed by atoms with Gasteiger partial charge in [-0.05, 0) is 30.5 Å². The Kier molecular flexibility index (Phi) is 4.04. The van der Waals surface area contributed by atoms with Crippen LogP contribution in [0.2, 0.25) is 0 Å². The Labute approximate surface area is 112 Å². The predicted molar refractivity (Wildman–Crippen MR) is 70.3 cm³/mol. The summed E-state index contributed by atoms with van der Waals surface area (Å²) in [6.07, 6.45) is 1.30. The summed E-state index contributed by atoms with van der Waals surface area (Å²) in [6.45, 7) is 0. The number of amides is 1. The number of halogens is 1. The second-order valence-electron chi connectivity index (χ2n) is 4.97. The van der Waals surface area contributed by atoms with Crippen LogP contribution in [-0.4, -0.2) is 37.2 Å². The predicted octanol–water partition coefficient (Wildman–Crippen LogP) is 2.10. The number of rotatable bonds is 2. The van der Waals surface area contributed by atoms with Gasteiger partial charge in [0.15, 0.2) is 0 Å². The van der Waals surface area contributed by atoms with Gasteiger partial charge in [0, 0.05) is 25.0 Å². The molecule has 1 aliphatic rings. The number of hydrogen-bond donors (Lipinski definition) is 1. The van der Waals surface area contributed by atoms with Crippen molar-refractivity contribution >= 4 is 6.09 Å². The molecule has 4 nitrogen and oxygen atoms in total. The number of ether oxygens (including phenoxy) is 1. The first kappa shape index (κ1) is 13.8. The SMILES string of the molecule is COC(=O)N(C)C1CCC(N)C1c1ccc(F)cc1. The number of nitrogens with two attached hydrogens (primary N) is 1. The first-order chi connectivity index (χ1) is 9.04. The van der Waals surface area contributed by atoms with Crippen LogP contribution in [0.15, 0.2) is 24.3 Å². The average molecular weight is 266 g/mol. The van der Waals surface area contributed by atoms with Gasteiger partial charge in [0.25, 0.3) is 0 Å². The molecule has 0 saturated heterocycles. The maximum absolute atomic E-state index is 13.0. The van der Waals surface area contributed by atoms with Gasteiger partial charge in [0.1, 0.15) is 5.82 Å². The number of nitrogens with zero attached hydrogens (tertiary/aromatic N) is 1. The van der Waals surface area contributed by atoms with E-state index in [1.807, 2.05) is 0 Å². The zero-order valence-electron chi connectivity index (χ0n) is 11.2. The molecule has 2 N–H and O–H groups in total. The van der Waals surface area contributed by atoms with Gasteiger partial charge in [-0.1, -0.05) is 12.1 Å². The molecule has 19 heavy (non-hydrogen) atoms. The maximum atomic E-state index is 13.0. The number of methoxy groups -OCH3 is 1. The molecule has 1 aliphatic carbocycles. The molecule has 5 heteroatoms. The zero-order valence-corrected chi connectivity index (χ0v) is 11.2. The van der Waals surface area contributed by atoms with Crippen molar-refractivity contribution < 1.29 is 13.9 Å². The lowest BCUT2D eigenvalue weighted by atomic mass is 9.91. The lowest BCUT2D eigenvalue weighted by Crippen LogP contribution is -2.41. The molecule has 0 spiro atoms. The van der Waals surface area contributed by atoms with Gasteiger partial charge in [-0.15, -0.1) is 0 Å². The van der Waals surface area contributed by atoms with Crippen LogP contribution in [0.3, 0.4) is 0 Å². The van der Waals surface area contributed by atoms with Crippen LogP contribution in [0.25, 0.3) is 0 Å². The van der Waals surface area contributed by atoms with Gasteiger partial charge in [-0.3, -0.25) is 0 Å². The van der Waals surface area contributed by atoms with E-state index < -0.39 is 0 Å². The summed E-state index contributed by atoms with van der Waals surface area (Å²) < 4.78 is 17.7. The first-order valence-electron chi connectivity index (χ1n) is 6.36. The Bertz CT molecular complexity index is 449. The van der Waals surface area contributed by atoms with Crippen LogP contribution in [0.1, 0.15) is 24.3 Å². The Morgan fingerprint density at radius 2 is 2.00 bits per heavy atom. The summed E-state index contributed by atoms with van der Waals surface area (Å²) in [5.41, 5.74) is 7.11. The normalized spacial score (nSPS) is 26.2. The van der Waals surface area contributed by atoms with E-state index in [4.69, 9.17) is 10.5 Å². The van der Waals surface area contributed by atoms with Crippen molar-refractivity contribution in [1.82, 2.24) is 4.90 Å². The highest BCUT2D eigenvalue weighted by Gasteiger charge is 2.39. The van der Waals surface area contributed by atoms with Crippen molar-refractivity contribution in [3.05, 3.63) is 35.6 Å². The van der Waals surface area contributed by atoms with Crippen molar-refractivity contribution in [3.8, 4) is 0 Å². The number of carbonyl (C=O) groups is 1. The molecule has 3 atom stereocenters. The minimum atomic E-state index is -0.369. The largest absolute Gasteiger partial charge is 0.453 e. The van der Waals surface area contributed by atoms with E-state index in [2.05, 4.69) is 0 Å². The molecular weight excluding hydrogens is 247 g/mol. The third-order valence-corrected chi connectivity index (χ3v) is 3.89. The van der Waals surface area contributed by atoms with Gasteiger partial charge in [0.2, 0.25) is 0 Å². The van der Waals surface area contributed by atoms with Gasteiger partial charge in [-0.2, -0.15) is 0 Å². The highest BCUT2D eigenvalue weighted by molar-refractivity contribution is 5.67. The second-order valence-corrected chi connectivity index (χ2v) is 4.97. The van der Waals surface area contributed by atoms with Crippen LogP contribution >= 0.6 is 0 Å². The Balaban J connectivity index is 2.24. The van der Waals surface area contributed by atoms with Crippen molar-refractivity contribution in [2.75, 3.05) is 14.2 Å². The van der Waals surface area contributed by atoms with E-state index in [0.29, 0.717) is 0 Å². The summed E-state index contributed by atoms with van der Waals surface area (Å²) in [4.78, 5) is 13.2. The highest BCUT2D eigenvalue weighted by atomic mass is 19.1. The Hall–Kier alpha value is -1.62. The lowest BCUT2D eigenvalue weighted by molar-refractivity contribution is 0.114. The average Bonchev–Trinajstić information content (AvgIpc) is 2.80. The molecule has 0 radical (unpaired) electrons. The van der Waals surface area contributed by atoms with Crippen molar-refractivity contribution in [2.45, 2.75) is 30.8 Å². The molecule has 2 rings (SSSR count). The molecule has 1 aromatic rings. The smallest absolute Gasteiger partial charge is 0.409 e. The molecule has 1 amide bonds. The molecule has 0 heterocycles. The number of likely N-dealkylation sites (N-methyl/N-ethyl adjacent to an activating group) is 1. The monoisotopic (exact) mass is 266 g/mol. The van der Waals surface area contributed by atoms with Crippen molar-refractivity contribution in [3.63, 3.8) is 0 Å². The lowest BCUT2D eigenvalue weighted by Gasteiger charge is -2.30. The minimum absolute atomic E-state index is 0.00656. The maximum Gasteiger partial charge on any atom is 0.409 e. The van der Waals surface area contributed by atoms with Gasteiger partial charge >= 0.3 is 6.09 Å². The van der Waals surface area contributed by atoms with Crippen LogP contribution in [0.4, 0.5) is 9.18 Å². The van der Waals surface area contributed by atoms with E-state index >= 15 is 0 Å². The molecule has 0 aromatic heterocycles. The molecular formula is C14H19FN2O2. The summed E-state index contributed by atoms with van der Waals surface area (Å²) in [5.74, 6) is -0.252. The standard InChI is InChI=1S/C14H19FN2O2/c1-17(14(18)19-2)12-8-7-11(16)13(12)9-3-5-10(15)6-4-9/h3-6,11-13H,7-8,16H2,1-2H3. The number of hydrogen-bond acceptors (Lipinski definition) is 3. The van der Waals surface area contributed by atoms with Crippen molar-refractivity contribution in [1.29, 1.82) is 0 Å². The Morgan fingerprint density at radius 1 is 1.37 bits per heavy atom. The zero-order chi connectivity index (χ0) is 14.0. The molecule has 0 aliphatic heterocycles. The molecule has 3 unspecified atom stereocenters. The fraction of sp³-hybridized carbons (Fsp3) is 0.500. The van der Waals surface area contributed by atoms with Crippen LogP contribution in [0.5, 0.6) is 0 Å². The van der Waals surface area contributed by atoms with E-state index in [9.17, 15) is 9.18 Å². The molecule has 1 saturated carbocycles. The fourth-order valence-electron chi connectivity index (χ4n) is 2.88. The van der Waals surface area contributed by atoms with Gasteiger partial charge in [-0.25, -0.2) is 9.18 Å². The molecule has 1 aromatic carbocycles. The molecule has 1 fully saturated rings. The molecule has 104 valence electrons. The third-order valence-electron chi connectivity index (χ3n) is 3.89. The van der Waals surface area contributed by atoms with Crippen LogP contribution in [-0.2, 0) is 4.74 Å². The first-order valence-corrected chi connectivity index (χ1v) is 6.36. The number of benzene rings is 1. The fourth-order valence-corrected chi connectivity index (χ4v) is 2.88. The van der Waals surface area contributed by atoms with Crippen molar-refractivity contribution in [2.24, 2.45) is 5.73 Å². The van der Waals surface area contributed by atoms with E-state index in [-0.39, 0.29) is 29.9 Å². The topological polar surface area (TPSA) is 55.6 Å². The second kappa shape index (κ2) is 5.57. The van der Waals surface area contributed by atoms with Gasteiger partial charge < -0.3 is 15.4 Å². The quantitative estimate of drug-likeness (QED) is 0.891. The minimum Gasteiger partial charge on any atom is -0.453 e. The Morgan fingerprint density at radius 3 is 2.58 bits per heavy atom.